The predicted octanol–water partition coefficient (Wildman–Crippen LogP) is 3.82. The average Bonchev–Trinajstić information content (AvgIpc) is 2.69. The van der Waals surface area contributed by atoms with E-state index >= 15 is 0 Å². The first-order valence-electron chi connectivity index (χ1n) is 8.75. The van der Waals surface area contributed by atoms with E-state index in [1.54, 1.807) is 6.07 Å². The number of primary sulfonamides is 1. The van der Waals surface area contributed by atoms with Crippen molar-refractivity contribution in [3.05, 3.63) is 96.4 Å². The molecule has 3 aromatic carbocycles. The Bertz CT molecular complexity index is 1030. The lowest BCUT2D eigenvalue weighted by molar-refractivity contribution is 0.598. The second-order valence-corrected chi connectivity index (χ2v) is 7.94. The lowest BCUT2D eigenvalue weighted by Crippen LogP contribution is -2.15. The van der Waals surface area contributed by atoms with Gasteiger partial charge in [-0.25, -0.2) is 13.6 Å². The highest BCUT2D eigenvalue weighted by Gasteiger charge is 2.21. The number of sulfonamides is 1. The molecule has 0 saturated carbocycles. The Balaban J connectivity index is 2.17. The Morgan fingerprint density at radius 2 is 1.59 bits per heavy atom. The molecule has 0 saturated heterocycles. The zero-order chi connectivity index (χ0) is 19.4. The molecule has 27 heavy (non-hydrogen) atoms. The van der Waals surface area contributed by atoms with Crippen molar-refractivity contribution in [1.29, 1.82) is 0 Å². The molecule has 3 aromatic rings. The standard InChI is InChI=1S/C22H23N2O2S/c1-2-19(20-11-7-6-10-18(20)15-23)17-12-13-21(16-8-4-3-5-9-16)22(14-17)27(24,25)26/h3-14,19H,1-2,15,23H2,(H2,24,25,26). The maximum absolute atomic E-state index is 12.3. The van der Waals surface area contributed by atoms with Gasteiger partial charge in [-0.1, -0.05) is 73.7 Å². The molecule has 4 nitrogen and oxygen atoms in total. The smallest absolute Gasteiger partial charge is 0.238 e. The molecule has 0 fully saturated rings. The lowest BCUT2D eigenvalue weighted by atomic mass is 9.85. The van der Waals surface area contributed by atoms with Crippen LogP contribution in [0.3, 0.4) is 0 Å². The predicted molar refractivity (Wildman–Crippen MR) is 109 cm³/mol. The first-order valence-corrected chi connectivity index (χ1v) is 10.3. The average molecular weight is 380 g/mol. The van der Waals surface area contributed by atoms with E-state index in [1.165, 1.54) is 0 Å². The third kappa shape index (κ3) is 4.11. The highest BCUT2D eigenvalue weighted by atomic mass is 32.2. The van der Waals surface area contributed by atoms with Gasteiger partial charge in [0, 0.05) is 18.0 Å². The maximum atomic E-state index is 12.3. The van der Waals surface area contributed by atoms with E-state index in [2.05, 4.69) is 6.92 Å². The molecule has 0 aliphatic heterocycles. The molecular weight excluding hydrogens is 356 g/mol. The van der Waals surface area contributed by atoms with E-state index in [1.807, 2.05) is 66.7 Å². The van der Waals surface area contributed by atoms with Crippen molar-refractivity contribution >= 4 is 10.0 Å². The van der Waals surface area contributed by atoms with Gasteiger partial charge in [-0.3, -0.25) is 0 Å². The van der Waals surface area contributed by atoms with Crippen molar-refractivity contribution in [3.63, 3.8) is 0 Å². The summed E-state index contributed by atoms with van der Waals surface area (Å²) in [6, 6.07) is 22.7. The molecule has 0 heterocycles. The summed E-state index contributed by atoms with van der Waals surface area (Å²) in [7, 11) is -3.89. The summed E-state index contributed by atoms with van der Waals surface area (Å²) < 4.78 is 24.6. The van der Waals surface area contributed by atoms with Crippen molar-refractivity contribution in [3.8, 4) is 11.1 Å². The monoisotopic (exact) mass is 379 g/mol. The Labute approximate surface area is 160 Å². The molecule has 0 bridgehead atoms. The molecule has 1 atom stereocenters. The van der Waals surface area contributed by atoms with Crippen molar-refractivity contribution in [2.45, 2.75) is 23.8 Å². The minimum absolute atomic E-state index is 0.0601. The summed E-state index contributed by atoms with van der Waals surface area (Å²) in [5, 5.41) is 5.54. The molecule has 0 aliphatic carbocycles. The Morgan fingerprint density at radius 1 is 0.926 bits per heavy atom. The molecule has 4 N–H and O–H groups in total. The topological polar surface area (TPSA) is 86.2 Å². The summed E-state index contributed by atoms with van der Waals surface area (Å²) in [5.74, 6) is -0.0601. The van der Waals surface area contributed by atoms with E-state index in [-0.39, 0.29) is 10.8 Å². The molecule has 3 rings (SSSR count). The van der Waals surface area contributed by atoms with Gasteiger partial charge >= 0.3 is 0 Å². The Morgan fingerprint density at radius 3 is 2.22 bits per heavy atom. The molecular formula is C22H23N2O2S. The number of rotatable bonds is 6. The number of nitrogens with two attached hydrogens (primary N) is 2. The molecule has 0 aliphatic rings. The van der Waals surface area contributed by atoms with Crippen molar-refractivity contribution in [2.24, 2.45) is 10.9 Å². The van der Waals surface area contributed by atoms with Crippen LogP contribution in [0.2, 0.25) is 0 Å². The van der Waals surface area contributed by atoms with E-state index < -0.39 is 10.0 Å². The van der Waals surface area contributed by atoms with Crippen LogP contribution in [0.5, 0.6) is 0 Å². The third-order valence-corrected chi connectivity index (χ3v) is 5.69. The summed E-state index contributed by atoms with van der Waals surface area (Å²) in [6.45, 7) is 4.48. The second-order valence-electron chi connectivity index (χ2n) is 6.41. The van der Waals surface area contributed by atoms with Crippen LogP contribution in [0.4, 0.5) is 0 Å². The number of hydrogen-bond acceptors (Lipinski definition) is 3. The number of benzene rings is 3. The second kappa shape index (κ2) is 8.05. The van der Waals surface area contributed by atoms with Gasteiger partial charge in [-0.05, 0) is 34.7 Å². The van der Waals surface area contributed by atoms with E-state index in [0.29, 0.717) is 18.5 Å². The molecule has 139 valence electrons. The fraction of sp³-hybridized carbons (Fsp3) is 0.136. The Kier molecular flexibility index (Phi) is 5.75. The highest BCUT2D eigenvalue weighted by molar-refractivity contribution is 7.89. The summed E-state index contributed by atoms with van der Waals surface area (Å²) >= 11 is 0. The van der Waals surface area contributed by atoms with Crippen LogP contribution < -0.4 is 10.9 Å². The fourth-order valence-corrected chi connectivity index (χ4v) is 4.20. The van der Waals surface area contributed by atoms with Gasteiger partial charge in [-0.2, -0.15) is 0 Å². The lowest BCUT2D eigenvalue weighted by Gasteiger charge is -2.21. The summed E-state index contributed by atoms with van der Waals surface area (Å²) in [6.07, 6.45) is 0.575. The zero-order valence-electron chi connectivity index (χ0n) is 15.0. The quantitative estimate of drug-likeness (QED) is 0.683. The minimum atomic E-state index is -3.89. The summed E-state index contributed by atoms with van der Waals surface area (Å²) in [4.78, 5) is 0.120. The fourth-order valence-electron chi connectivity index (χ4n) is 3.41. The normalized spacial score (nSPS) is 12.7. The van der Waals surface area contributed by atoms with Gasteiger partial charge in [0.2, 0.25) is 10.0 Å². The van der Waals surface area contributed by atoms with Gasteiger partial charge < -0.3 is 5.73 Å². The first-order chi connectivity index (χ1) is 13.0. The largest absolute Gasteiger partial charge is 0.326 e. The summed E-state index contributed by atoms with van der Waals surface area (Å²) in [5.41, 5.74) is 10.2. The van der Waals surface area contributed by atoms with E-state index in [9.17, 15) is 8.42 Å². The van der Waals surface area contributed by atoms with Crippen LogP contribution in [0, 0.1) is 6.92 Å². The zero-order valence-corrected chi connectivity index (χ0v) is 15.8. The molecule has 1 unspecified atom stereocenters. The maximum Gasteiger partial charge on any atom is 0.238 e. The number of hydrogen-bond donors (Lipinski definition) is 2. The van der Waals surface area contributed by atoms with Crippen molar-refractivity contribution in [1.82, 2.24) is 0 Å². The molecule has 0 spiro atoms. The highest BCUT2D eigenvalue weighted by Crippen LogP contribution is 2.35. The van der Waals surface area contributed by atoms with Gasteiger partial charge in [0.1, 0.15) is 0 Å². The van der Waals surface area contributed by atoms with Gasteiger partial charge in [0.25, 0.3) is 0 Å². The van der Waals surface area contributed by atoms with Gasteiger partial charge in [0.05, 0.1) is 4.90 Å². The first kappa shape index (κ1) is 19.3. The molecule has 0 aromatic heterocycles. The van der Waals surface area contributed by atoms with Crippen LogP contribution in [0.15, 0.2) is 77.7 Å². The van der Waals surface area contributed by atoms with Crippen LogP contribution in [0.25, 0.3) is 11.1 Å². The SMILES string of the molecule is [CH2]CC(c1ccc(-c2ccccc2)c(S(N)(=O)=O)c1)c1ccccc1CN. The van der Waals surface area contributed by atoms with E-state index in [0.717, 1.165) is 22.3 Å². The molecule has 0 amide bonds. The van der Waals surface area contributed by atoms with Crippen LogP contribution in [0.1, 0.15) is 29.0 Å². The van der Waals surface area contributed by atoms with Gasteiger partial charge in [-0.15, -0.1) is 0 Å². The van der Waals surface area contributed by atoms with Crippen LogP contribution in [-0.4, -0.2) is 8.42 Å². The van der Waals surface area contributed by atoms with Gasteiger partial charge in [0.15, 0.2) is 0 Å². The third-order valence-electron chi connectivity index (χ3n) is 4.74. The Hall–Kier alpha value is -2.47. The minimum Gasteiger partial charge on any atom is -0.326 e. The molecule has 1 radical (unpaired) electrons. The van der Waals surface area contributed by atoms with Crippen molar-refractivity contribution < 1.29 is 8.42 Å². The van der Waals surface area contributed by atoms with E-state index in [4.69, 9.17) is 10.9 Å². The van der Waals surface area contributed by atoms with Crippen molar-refractivity contribution in [2.75, 3.05) is 0 Å². The van der Waals surface area contributed by atoms with Crippen LogP contribution >= 0.6 is 0 Å². The van der Waals surface area contributed by atoms with Crippen LogP contribution in [-0.2, 0) is 16.6 Å². The molecule has 5 heteroatoms.